The number of rotatable bonds is 7. The Morgan fingerprint density at radius 1 is 1.14 bits per heavy atom. The maximum absolute atomic E-state index is 9.56. The predicted molar refractivity (Wildman–Crippen MR) is 88.5 cm³/mol. The first-order valence-corrected chi connectivity index (χ1v) is 7.61. The number of nitriles is 1. The SMILES string of the molecule is CCCOc1cccc(C(C#N)N(C)Cc2ccccc2)c1. The molecule has 0 spiro atoms. The Labute approximate surface area is 132 Å². The van der Waals surface area contributed by atoms with E-state index in [0.29, 0.717) is 6.61 Å². The minimum Gasteiger partial charge on any atom is -0.494 e. The van der Waals surface area contributed by atoms with E-state index >= 15 is 0 Å². The van der Waals surface area contributed by atoms with Crippen LogP contribution in [0.3, 0.4) is 0 Å². The summed E-state index contributed by atoms with van der Waals surface area (Å²) < 4.78 is 5.66. The summed E-state index contributed by atoms with van der Waals surface area (Å²) >= 11 is 0. The Balaban J connectivity index is 2.12. The van der Waals surface area contributed by atoms with Gasteiger partial charge in [-0.2, -0.15) is 5.26 Å². The molecule has 0 aromatic heterocycles. The van der Waals surface area contributed by atoms with Crippen LogP contribution in [0.5, 0.6) is 5.75 Å². The molecule has 0 aliphatic heterocycles. The van der Waals surface area contributed by atoms with Crippen LogP contribution in [-0.4, -0.2) is 18.6 Å². The topological polar surface area (TPSA) is 36.3 Å². The maximum atomic E-state index is 9.56. The van der Waals surface area contributed by atoms with E-state index in [1.807, 2.05) is 54.4 Å². The summed E-state index contributed by atoms with van der Waals surface area (Å²) in [5.41, 5.74) is 2.16. The lowest BCUT2D eigenvalue weighted by atomic mass is 10.1. The average Bonchev–Trinajstić information content (AvgIpc) is 2.55. The van der Waals surface area contributed by atoms with Gasteiger partial charge in [-0.05, 0) is 36.7 Å². The fourth-order valence-electron chi connectivity index (χ4n) is 2.38. The van der Waals surface area contributed by atoms with Crippen molar-refractivity contribution in [1.82, 2.24) is 4.90 Å². The van der Waals surface area contributed by atoms with Gasteiger partial charge in [0.15, 0.2) is 0 Å². The van der Waals surface area contributed by atoms with Crippen molar-refractivity contribution in [2.75, 3.05) is 13.7 Å². The van der Waals surface area contributed by atoms with Gasteiger partial charge < -0.3 is 4.74 Å². The molecule has 0 bridgehead atoms. The van der Waals surface area contributed by atoms with E-state index in [1.165, 1.54) is 5.56 Å². The summed E-state index contributed by atoms with van der Waals surface area (Å²) in [4.78, 5) is 2.05. The molecule has 2 aromatic carbocycles. The molecule has 22 heavy (non-hydrogen) atoms. The lowest BCUT2D eigenvalue weighted by Gasteiger charge is -2.23. The third-order valence-electron chi connectivity index (χ3n) is 3.48. The van der Waals surface area contributed by atoms with Crippen molar-refractivity contribution in [1.29, 1.82) is 5.26 Å². The highest BCUT2D eigenvalue weighted by Crippen LogP contribution is 2.24. The predicted octanol–water partition coefficient (Wildman–Crippen LogP) is 4.17. The number of nitrogens with zero attached hydrogens (tertiary/aromatic N) is 2. The minimum atomic E-state index is -0.287. The van der Waals surface area contributed by atoms with Crippen molar-refractivity contribution in [2.45, 2.75) is 25.9 Å². The molecular formula is C19H22N2O. The zero-order valence-corrected chi connectivity index (χ0v) is 13.2. The van der Waals surface area contributed by atoms with Gasteiger partial charge in [0, 0.05) is 6.54 Å². The van der Waals surface area contributed by atoms with Gasteiger partial charge in [0.05, 0.1) is 12.7 Å². The molecule has 0 amide bonds. The Morgan fingerprint density at radius 2 is 1.91 bits per heavy atom. The highest BCUT2D eigenvalue weighted by Gasteiger charge is 2.17. The molecule has 0 saturated heterocycles. The van der Waals surface area contributed by atoms with Gasteiger partial charge in [-0.15, -0.1) is 0 Å². The number of hydrogen-bond acceptors (Lipinski definition) is 3. The quantitative estimate of drug-likeness (QED) is 0.769. The lowest BCUT2D eigenvalue weighted by molar-refractivity contribution is 0.281. The summed E-state index contributed by atoms with van der Waals surface area (Å²) in [6, 6.07) is 20.1. The second-order valence-corrected chi connectivity index (χ2v) is 5.35. The number of benzene rings is 2. The van der Waals surface area contributed by atoms with E-state index in [-0.39, 0.29) is 6.04 Å². The normalized spacial score (nSPS) is 11.9. The maximum Gasteiger partial charge on any atom is 0.124 e. The van der Waals surface area contributed by atoms with E-state index in [2.05, 4.69) is 25.1 Å². The van der Waals surface area contributed by atoms with Crippen LogP contribution < -0.4 is 4.74 Å². The van der Waals surface area contributed by atoms with Gasteiger partial charge in [-0.1, -0.05) is 49.4 Å². The summed E-state index contributed by atoms with van der Waals surface area (Å²) in [5, 5.41) is 9.56. The molecule has 114 valence electrons. The standard InChI is InChI=1S/C19H22N2O/c1-3-12-22-18-11-7-10-17(13-18)19(14-20)21(2)15-16-8-5-4-6-9-16/h4-11,13,19H,3,12,15H2,1-2H3. The van der Waals surface area contributed by atoms with Gasteiger partial charge in [-0.3, -0.25) is 4.90 Å². The van der Waals surface area contributed by atoms with Gasteiger partial charge >= 0.3 is 0 Å². The molecule has 0 N–H and O–H groups in total. The molecule has 3 heteroatoms. The zero-order valence-electron chi connectivity index (χ0n) is 13.2. The molecule has 0 aliphatic carbocycles. The molecular weight excluding hydrogens is 272 g/mol. The van der Waals surface area contributed by atoms with Gasteiger partial charge in [-0.25, -0.2) is 0 Å². The Hall–Kier alpha value is -2.31. The second-order valence-electron chi connectivity index (χ2n) is 5.35. The Morgan fingerprint density at radius 3 is 2.59 bits per heavy atom. The second kappa shape index (κ2) is 8.21. The van der Waals surface area contributed by atoms with Crippen LogP contribution in [0.25, 0.3) is 0 Å². The summed E-state index contributed by atoms with van der Waals surface area (Å²) in [7, 11) is 1.97. The minimum absolute atomic E-state index is 0.287. The largest absolute Gasteiger partial charge is 0.494 e. The zero-order chi connectivity index (χ0) is 15.8. The highest BCUT2D eigenvalue weighted by atomic mass is 16.5. The Kier molecular flexibility index (Phi) is 6.00. The summed E-state index contributed by atoms with van der Waals surface area (Å²) in [6.07, 6.45) is 0.972. The lowest BCUT2D eigenvalue weighted by Crippen LogP contribution is -2.23. The van der Waals surface area contributed by atoms with E-state index < -0.39 is 0 Å². The molecule has 2 rings (SSSR count). The first-order valence-electron chi connectivity index (χ1n) is 7.61. The summed E-state index contributed by atoms with van der Waals surface area (Å²) in [6.45, 7) is 3.51. The molecule has 3 nitrogen and oxygen atoms in total. The van der Waals surface area contributed by atoms with Crippen molar-refractivity contribution in [3.05, 3.63) is 65.7 Å². The van der Waals surface area contributed by atoms with E-state index in [1.54, 1.807) is 0 Å². The smallest absolute Gasteiger partial charge is 0.124 e. The molecule has 1 atom stereocenters. The molecule has 0 fully saturated rings. The monoisotopic (exact) mass is 294 g/mol. The Bertz CT molecular complexity index is 619. The van der Waals surface area contributed by atoms with Crippen molar-refractivity contribution in [3.8, 4) is 11.8 Å². The molecule has 0 radical (unpaired) electrons. The van der Waals surface area contributed by atoms with E-state index in [4.69, 9.17) is 4.74 Å². The average molecular weight is 294 g/mol. The van der Waals surface area contributed by atoms with E-state index in [0.717, 1.165) is 24.3 Å². The van der Waals surface area contributed by atoms with Crippen LogP contribution in [0.2, 0.25) is 0 Å². The van der Waals surface area contributed by atoms with E-state index in [9.17, 15) is 5.26 Å². The summed E-state index contributed by atoms with van der Waals surface area (Å²) in [5.74, 6) is 0.827. The van der Waals surface area contributed by atoms with Gasteiger partial charge in [0.1, 0.15) is 11.8 Å². The first kappa shape index (κ1) is 16.1. The fourth-order valence-corrected chi connectivity index (χ4v) is 2.38. The van der Waals surface area contributed by atoms with Crippen LogP contribution >= 0.6 is 0 Å². The molecule has 0 heterocycles. The third kappa shape index (κ3) is 4.34. The first-order chi connectivity index (χ1) is 10.7. The number of ether oxygens (including phenoxy) is 1. The number of hydrogen-bond donors (Lipinski definition) is 0. The van der Waals surface area contributed by atoms with Crippen molar-refractivity contribution >= 4 is 0 Å². The van der Waals surface area contributed by atoms with Crippen LogP contribution in [-0.2, 0) is 6.54 Å². The van der Waals surface area contributed by atoms with Crippen LogP contribution in [0.1, 0.15) is 30.5 Å². The molecule has 2 aromatic rings. The van der Waals surface area contributed by atoms with Crippen LogP contribution in [0.4, 0.5) is 0 Å². The molecule has 0 saturated carbocycles. The van der Waals surface area contributed by atoms with Crippen molar-refractivity contribution in [2.24, 2.45) is 0 Å². The third-order valence-corrected chi connectivity index (χ3v) is 3.48. The van der Waals surface area contributed by atoms with Gasteiger partial charge in [0.2, 0.25) is 0 Å². The fraction of sp³-hybridized carbons (Fsp3) is 0.316. The van der Waals surface area contributed by atoms with Crippen molar-refractivity contribution < 1.29 is 4.74 Å². The highest BCUT2D eigenvalue weighted by molar-refractivity contribution is 5.33. The van der Waals surface area contributed by atoms with Crippen LogP contribution in [0.15, 0.2) is 54.6 Å². The van der Waals surface area contributed by atoms with Crippen molar-refractivity contribution in [3.63, 3.8) is 0 Å². The molecule has 0 aliphatic rings. The van der Waals surface area contributed by atoms with Gasteiger partial charge in [0.25, 0.3) is 0 Å². The van der Waals surface area contributed by atoms with Crippen LogP contribution in [0, 0.1) is 11.3 Å². The molecule has 1 unspecified atom stereocenters.